The molecule has 0 bridgehead atoms. The summed E-state index contributed by atoms with van der Waals surface area (Å²) in [6.45, 7) is 4.74. The molecule has 0 unspecified atom stereocenters. The topological polar surface area (TPSA) is 8.17 Å². The van der Waals surface area contributed by atoms with E-state index in [0.717, 1.165) is 5.69 Å². The van der Waals surface area contributed by atoms with E-state index in [4.69, 9.17) is 0 Å². The summed E-state index contributed by atoms with van der Waals surface area (Å²) in [4.78, 5) is 2.44. The van der Waals surface area contributed by atoms with Crippen LogP contribution in [0.5, 0.6) is 0 Å². The lowest BCUT2D eigenvalue weighted by Gasteiger charge is -2.42. The molecule has 0 N–H and O–H groups in total. The Hall–Kier alpha value is -6.42. The van der Waals surface area contributed by atoms with E-state index in [9.17, 15) is 0 Å². The van der Waals surface area contributed by atoms with Crippen molar-refractivity contribution in [3.05, 3.63) is 193 Å². The van der Waals surface area contributed by atoms with Crippen LogP contribution >= 0.6 is 11.3 Å². The number of hydrogen-bond acceptors (Lipinski definition) is 2. The largest absolute Gasteiger partial charge is 0.310 e. The number of nitrogens with zero attached hydrogens (tertiary/aromatic N) is 2. The predicted molar refractivity (Wildman–Crippen MR) is 231 cm³/mol. The van der Waals surface area contributed by atoms with Gasteiger partial charge in [-0.1, -0.05) is 135 Å². The molecule has 11 rings (SSSR count). The smallest absolute Gasteiger partial charge is 0.0640 e. The molecule has 0 saturated carbocycles. The van der Waals surface area contributed by atoms with Gasteiger partial charge >= 0.3 is 0 Å². The van der Waals surface area contributed by atoms with Crippen molar-refractivity contribution in [2.24, 2.45) is 0 Å². The minimum absolute atomic E-state index is 0.189. The molecule has 10 aromatic rings. The molecular weight excluding hydrogens is 673 g/mol. The highest BCUT2D eigenvalue weighted by Crippen LogP contribution is 2.53. The first kappa shape index (κ1) is 31.1. The number of aromatic nitrogens is 1. The van der Waals surface area contributed by atoms with Gasteiger partial charge in [0.1, 0.15) is 0 Å². The lowest BCUT2D eigenvalue weighted by molar-refractivity contribution is 0.632. The maximum absolute atomic E-state index is 2.47. The summed E-state index contributed by atoms with van der Waals surface area (Å²) in [6, 6.07) is 67.0. The minimum Gasteiger partial charge on any atom is -0.310 e. The van der Waals surface area contributed by atoms with Crippen molar-refractivity contribution in [1.82, 2.24) is 4.57 Å². The molecule has 0 amide bonds. The lowest BCUT2D eigenvalue weighted by Crippen LogP contribution is -2.30. The summed E-state index contributed by atoms with van der Waals surface area (Å²) in [5.74, 6) is 0. The molecule has 0 fully saturated rings. The van der Waals surface area contributed by atoms with E-state index < -0.39 is 0 Å². The van der Waals surface area contributed by atoms with Crippen LogP contribution in [0.15, 0.2) is 182 Å². The van der Waals surface area contributed by atoms with E-state index >= 15 is 0 Å². The third-order valence-corrected chi connectivity index (χ3v) is 12.8. The predicted octanol–water partition coefficient (Wildman–Crippen LogP) is 14.6. The number of anilines is 3. The van der Waals surface area contributed by atoms with E-state index in [1.165, 1.54) is 92.4 Å². The maximum atomic E-state index is 2.47. The number of benzene rings is 8. The minimum atomic E-state index is -0.189. The molecule has 0 aliphatic carbocycles. The second kappa shape index (κ2) is 11.8. The summed E-state index contributed by atoms with van der Waals surface area (Å²) < 4.78 is 5.12. The van der Waals surface area contributed by atoms with Crippen molar-refractivity contribution in [3.63, 3.8) is 0 Å². The van der Waals surface area contributed by atoms with Crippen molar-refractivity contribution >= 4 is 70.4 Å². The van der Waals surface area contributed by atoms with Gasteiger partial charge in [0.05, 0.1) is 32.8 Å². The number of rotatable bonds is 4. The molecule has 0 atom stereocenters. The van der Waals surface area contributed by atoms with Crippen LogP contribution in [0, 0.1) is 0 Å². The molecule has 1 aliphatic rings. The fourth-order valence-corrected chi connectivity index (χ4v) is 10.1. The highest BCUT2D eigenvalue weighted by molar-refractivity contribution is 7.26. The van der Waals surface area contributed by atoms with Crippen LogP contribution in [-0.4, -0.2) is 4.57 Å². The van der Waals surface area contributed by atoms with Gasteiger partial charge in [-0.15, -0.1) is 11.3 Å². The van der Waals surface area contributed by atoms with Crippen LogP contribution in [0.4, 0.5) is 17.1 Å². The normalized spacial score (nSPS) is 13.5. The first-order valence-corrected chi connectivity index (χ1v) is 19.5. The zero-order valence-corrected chi connectivity index (χ0v) is 30.9. The Morgan fingerprint density at radius 1 is 0.407 bits per heavy atom. The maximum Gasteiger partial charge on any atom is 0.0640 e. The Bertz CT molecular complexity index is 3070. The average molecular weight is 709 g/mol. The molecule has 256 valence electrons. The zero-order chi connectivity index (χ0) is 36.0. The van der Waals surface area contributed by atoms with Crippen molar-refractivity contribution in [1.29, 1.82) is 0 Å². The Balaban J connectivity index is 1.06. The van der Waals surface area contributed by atoms with E-state index in [1.807, 2.05) is 11.3 Å². The molecule has 54 heavy (non-hydrogen) atoms. The van der Waals surface area contributed by atoms with Crippen LogP contribution in [0.25, 0.3) is 69.9 Å². The number of para-hydroxylation sites is 2. The fourth-order valence-electron chi connectivity index (χ4n) is 8.92. The fraction of sp³-hybridized carbons (Fsp3) is 0.0588. The van der Waals surface area contributed by atoms with E-state index in [1.54, 1.807) is 0 Å². The highest BCUT2D eigenvalue weighted by atomic mass is 32.1. The summed E-state index contributed by atoms with van der Waals surface area (Å²) in [5.41, 5.74) is 14.7. The third kappa shape index (κ3) is 4.58. The lowest BCUT2D eigenvalue weighted by atomic mass is 9.73. The van der Waals surface area contributed by atoms with Crippen molar-refractivity contribution in [2.75, 3.05) is 4.90 Å². The molecular formula is C51H36N2S. The van der Waals surface area contributed by atoms with Gasteiger partial charge in [0, 0.05) is 37.3 Å². The van der Waals surface area contributed by atoms with Gasteiger partial charge in [-0.25, -0.2) is 0 Å². The Morgan fingerprint density at radius 2 is 1.02 bits per heavy atom. The standard InChI is InChI=1S/C51H36N2S/c1-51(2)42-18-8-10-20-46(42)52(37-27-23-34(24-28-37)33-13-4-3-5-14-33)47-30-26-36(32-43(47)51)35-25-29-45-41(31-35)38-15-6-9-19-44(38)53(45)48-21-12-17-40-39-16-7-11-22-49(39)54-50(40)48/h3-32H,1-2H3. The zero-order valence-electron chi connectivity index (χ0n) is 30.1. The number of fused-ring (bicyclic) bond motifs is 8. The molecule has 0 saturated heterocycles. The molecule has 2 aromatic heterocycles. The first-order valence-electron chi connectivity index (χ1n) is 18.7. The highest BCUT2D eigenvalue weighted by Gasteiger charge is 2.37. The SMILES string of the molecule is CC1(C)c2ccccc2N(c2ccc(-c3ccccc3)cc2)c2ccc(-c3ccc4c(c3)c3ccccc3n4-c3cccc4c3sc3ccccc34)cc21. The molecule has 0 radical (unpaired) electrons. The van der Waals surface area contributed by atoms with Gasteiger partial charge in [0.15, 0.2) is 0 Å². The van der Waals surface area contributed by atoms with Gasteiger partial charge in [-0.3, -0.25) is 0 Å². The molecule has 1 aliphatic heterocycles. The monoisotopic (exact) mass is 708 g/mol. The number of thiophene rings is 1. The van der Waals surface area contributed by atoms with E-state index in [2.05, 4.69) is 205 Å². The van der Waals surface area contributed by atoms with Gasteiger partial charge in [0.2, 0.25) is 0 Å². The third-order valence-electron chi connectivity index (χ3n) is 11.6. The number of hydrogen-bond donors (Lipinski definition) is 0. The second-order valence-electron chi connectivity index (χ2n) is 15.0. The summed E-state index contributed by atoms with van der Waals surface area (Å²) in [7, 11) is 0. The summed E-state index contributed by atoms with van der Waals surface area (Å²) in [5, 5.41) is 5.17. The molecule has 2 nitrogen and oxygen atoms in total. The van der Waals surface area contributed by atoms with Crippen LogP contribution in [0.3, 0.4) is 0 Å². The van der Waals surface area contributed by atoms with Gasteiger partial charge in [-0.2, -0.15) is 0 Å². The molecule has 3 heteroatoms. The van der Waals surface area contributed by atoms with E-state index in [-0.39, 0.29) is 5.41 Å². The van der Waals surface area contributed by atoms with Crippen LogP contribution in [-0.2, 0) is 5.41 Å². The Labute approximate surface area is 318 Å². The Morgan fingerprint density at radius 3 is 1.89 bits per heavy atom. The van der Waals surface area contributed by atoms with Crippen LogP contribution in [0.2, 0.25) is 0 Å². The summed E-state index contributed by atoms with van der Waals surface area (Å²) in [6.07, 6.45) is 0. The quantitative estimate of drug-likeness (QED) is 0.177. The molecule has 3 heterocycles. The van der Waals surface area contributed by atoms with Gasteiger partial charge < -0.3 is 9.47 Å². The van der Waals surface area contributed by atoms with Crippen LogP contribution < -0.4 is 4.90 Å². The van der Waals surface area contributed by atoms with E-state index in [0.29, 0.717) is 0 Å². The molecule has 0 spiro atoms. The first-order chi connectivity index (χ1) is 26.5. The summed E-state index contributed by atoms with van der Waals surface area (Å²) >= 11 is 1.88. The van der Waals surface area contributed by atoms with Crippen molar-refractivity contribution in [3.8, 4) is 27.9 Å². The van der Waals surface area contributed by atoms with Crippen molar-refractivity contribution in [2.45, 2.75) is 19.3 Å². The van der Waals surface area contributed by atoms with Crippen LogP contribution in [0.1, 0.15) is 25.0 Å². The second-order valence-corrected chi connectivity index (χ2v) is 16.0. The van der Waals surface area contributed by atoms with Gasteiger partial charge in [-0.05, 0) is 94.0 Å². The Kier molecular flexibility index (Phi) is 6.80. The van der Waals surface area contributed by atoms with Gasteiger partial charge in [0.25, 0.3) is 0 Å². The average Bonchev–Trinajstić information content (AvgIpc) is 3.77. The molecule has 8 aromatic carbocycles. The van der Waals surface area contributed by atoms with Crippen molar-refractivity contribution < 1.29 is 0 Å².